The molecule has 0 atom stereocenters. The molecule has 24 heavy (non-hydrogen) atoms. The summed E-state index contributed by atoms with van der Waals surface area (Å²) < 4.78 is 27.5. The Morgan fingerprint density at radius 1 is 1.17 bits per heavy atom. The molecule has 5 nitrogen and oxygen atoms in total. The monoisotopic (exact) mass is 407 g/mol. The number of pyridine rings is 1. The van der Waals surface area contributed by atoms with Crippen molar-refractivity contribution in [2.24, 2.45) is 5.73 Å². The maximum atomic E-state index is 12.9. The third-order valence-corrected chi connectivity index (χ3v) is 5.38. The van der Waals surface area contributed by atoms with Crippen LogP contribution in [0, 0.1) is 0 Å². The smallest absolute Gasteiger partial charge is 0.208 e. The number of benzene rings is 1. The van der Waals surface area contributed by atoms with Gasteiger partial charge in [-0.1, -0.05) is 17.7 Å². The molecule has 3 aromatic rings. The second-order valence-corrected chi connectivity index (χ2v) is 7.17. The number of hydrogen-bond donors (Lipinski definition) is 1. The molecule has 0 saturated carbocycles. The van der Waals surface area contributed by atoms with Crippen molar-refractivity contribution in [1.82, 2.24) is 9.55 Å². The van der Waals surface area contributed by atoms with Gasteiger partial charge in [-0.3, -0.25) is 0 Å². The molecular formula is C15H16Cl3N3O2S. The quantitative estimate of drug-likeness (QED) is 0.718. The lowest BCUT2D eigenvalue weighted by Gasteiger charge is -2.03. The molecule has 3 rings (SSSR count). The van der Waals surface area contributed by atoms with Crippen LogP contribution in [0.3, 0.4) is 0 Å². The van der Waals surface area contributed by atoms with Crippen LogP contribution in [0.4, 0.5) is 0 Å². The molecule has 0 unspecified atom stereocenters. The van der Waals surface area contributed by atoms with Crippen molar-refractivity contribution in [3.63, 3.8) is 0 Å². The predicted molar refractivity (Wildman–Crippen MR) is 100 cm³/mol. The Balaban J connectivity index is 0.00000144. The molecular weight excluding hydrogens is 393 g/mol. The fourth-order valence-electron chi connectivity index (χ4n) is 2.38. The van der Waals surface area contributed by atoms with Gasteiger partial charge >= 0.3 is 0 Å². The van der Waals surface area contributed by atoms with E-state index < -0.39 is 9.84 Å². The van der Waals surface area contributed by atoms with Gasteiger partial charge in [0.15, 0.2) is 0 Å². The lowest BCUT2D eigenvalue weighted by molar-refractivity contribution is 0.596. The van der Waals surface area contributed by atoms with Crippen LogP contribution in [0.25, 0.3) is 11.0 Å². The summed E-state index contributed by atoms with van der Waals surface area (Å²) in [4.78, 5) is 4.64. The first-order valence-corrected chi connectivity index (χ1v) is 8.55. The fraction of sp³-hybridized carbons (Fsp3) is 0.133. The summed E-state index contributed by atoms with van der Waals surface area (Å²) in [5.41, 5.74) is 6.19. The van der Waals surface area contributed by atoms with Gasteiger partial charge in [-0.15, -0.1) is 24.8 Å². The van der Waals surface area contributed by atoms with Crippen molar-refractivity contribution in [1.29, 1.82) is 0 Å². The first-order valence-electron chi connectivity index (χ1n) is 6.68. The van der Waals surface area contributed by atoms with Crippen LogP contribution in [-0.2, 0) is 16.4 Å². The molecule has 9 heteroatoms. The molecule has 0 radical (unpaired) electrons. The zero-order chi connectivity index (χ0) is 15.7. The summed E-state index contributed by atoms with van der Waals surface area (Å²) in [6.45, 7) is 0.898. The maximum Gasteiger partial charge on any atom is 0.208 e. The van der Waals surface area contributed by atoms with Crippen LogP contribution >= 0.6 is 36.4 Å². The highest BCUT2D eigenvalue weighted by Gasteiger charge is 2.23. The number of nitrogens with zero attached hydrogens (tertiary/aromatic N) is 2. The number of rotatable bonds is 4. The third-order valence-electron chi connectivity index (χ3n) is 3.36. The van der Waals surface area contributed by atoms with Crippen molar-refractivity contribution in [2.75, 3.05) is 6.54 Å². The second-order valence-electron chi connectivity index (χ2n) is 4.81. The van der Waals surface area contributed by atoms with Crippen LogP contribution in [0.5, 0.6) is 0 Å². The standard InChI is InChI=1S/C15H14ClN3O2S.2ClH/c16-11-3-1-4-12(9-11)22(20,21)14-10-19(8-6-17)15-13(14)5-2-7-18-15;;/h1-5,7,9-10H,6,8,17H2;2*1H. The number of halogens is 3. The van der Waals surface area contributed by atoms with Gasteiger partial charge < -0.3 is 10.3 Å². The summed E-state index contributed by atoms with van der Waals surface area (Å²) in [5, 5.41) is 0.959. The topological polar surface area (TPSA) is 78.0 Å². The lowest BCUT2D eigenvalue weighted by atomic mass is 10.3. The van der Waals surface area contributed by atoms with E-state index in [1.165, 1.54) is 12.1 Å². The number of hydrogen-bond acceptors (Lipinski definition) is 4. The number of aromatic nitrogens is 2. The van der Waals surface area contributed by atoms with E-state index >= 15 is 0 Å². The molecule has 0 amide bonds. The Bertz CT molecular complexity index is 942. The Morgan fingerprint density at radius 2 is 1.92 bits per heavy atom. The van der Waals surface area contributed by atoms with E-state index in [0.717, 1.165) is 0 Å². The van der Waals surface area contributed by atoms with E-state index in [-0.39, 0.29) is 34.6 Å². The highest BCUT2D eigenvalue weighted by atomic mass is 35.5. The van der Waals surface area contributed by atoms with Gasteiger partial charge in [-0.25, -0.2) is 13.4 Å². The zero-order valence-electron chi connectivity index (χ0n) is 12.4. The maximum absolute atomic E-state index is 12.9. The molecule has 0 saturated heterocycles. The second kappa shape index (κ2) is 8.18. The van der Waals surface area contributed by atoms with E-state index in [9.17, 15) is 8.42 Å². The van der Waals surface area contributed by atoms with E-state index in [0.29, 0.717) is 29.1 Å². The minimum Gasteiger partial charge on any atom is -0.330 e. The van der Waals surface area contributed by atoms with Crippen LogP contribution < -0.4 is 5.73 Å². The van der Waals surface area contributed by atoms with Gasteiger partial charge in [0.1, 0.15) is 5.65 Å². The molecule has 0 aliphatic heterocycles. The normalized spacial score (nSPS) is 10.9. The van der Waals surface area contributed by atoms with Crippen molar-refractivity contribution in [2.45, 2.75) is 16.3 Å². The highest BCUT2D eigenvalue weighted by Crippen LogP contribution is 2.30. The summed E-state index contributed by atoms with van der Waals surface area (Å²) >= 11 is 5.91. The van der Waals surface area contributed by atoms with Gasteiger partial charge in [0, 0.05) is 35.9 Å². The van der Waals surface area contributed by atoms with Crippen LogP contribution in [-0.4, -0.2) is 24.5 Å². The molecule has 0 aliphatic rings. The number of fused-ring (bicyclic) bond motifs is 1. The first kappa shape index (κ1) is 20.7. The van der Waals surface area contributed by atoms with E-state index in [4.69, 9.17) is 17.3 Å². The van der Waals surface area contributed by atoms with E-state index in [1.54, 1.807) is 41.2 Å². The number of sulfone groups is 1. The van der Waals surface area contributed by atoms with Crippen LogP contribution in [0.1, 0.15) is 0 Å². The minimum absolute atomic E-state index is 0. The van der Waals surface area contributed by atoms with Gasteiger partial charge in [0.25, 0.3) is 0 Å². The van der Waals surface area contributed by atoms with E-state index in [2.05, 4.69) is 4.98 Å². The molecule has 0 fully saturated rings. The molecule has 0 spiro atoms. The molecule has 130 valence electrons. The Labute approximate surface area is 157 Å². The average Bonchev–Trinajstić information content (AvgIpc) is 2.88. The summed E-state index contributed by atoms with van der Waals surface area (Å²) in [6, 6.07) is 9.69. The summed E-state index contributed by atoms with van der Waals surface area (Å²) in [6.07, 6.45) is 3.21. The Hall–Kier alpha value is -1.31. The molecule has 0 bridgehead atoms. The van der Waals surface area contributed by atoms with E-state index in [1.807, 2.05) is 0 Å². The summed E-state index contributed by atoms with van der Waals surface area (Å²) in [7, 11) is -3.67. The first-order chi connectivity index (χ1) is 10.5. The third kappa shape index (κ3) is 3.68. The largest absolute Gasteiger partial charge is 0.330 e. The predicted octanol–water partition coefficient (Wildman–Crippen LogP) is 3.32. The van der Waals surface area contributed by atoms with Crippen LogP contribution in [0.15, 0.2) is 58.6 Å². The molecule has 1 aromatic carbocycles. The molecule has 2 N–H and O–H groups in total. The molecule has 2 aromatic heterocycles. The molecule has 0 aliphatic carbocycles. The average molecular weight is 409 g/mol. The zero-order valence-corrected chi connectivity index (χ0v) is 15.6. The van der Waals surface area contributed by atoms with Gasteiger partial charge in [0.05, 0.1) is 9.79 Å². The van der Waals surface area contributed by atoms with Crippen molar-refractivity contribution in [3.05, 3.63) is 53.8 Å². The van der Waals surface area contributed by atoms with Gasteiger partial charge in [0.2, 0.25) is 9.84 Å². The van der Waals surface area contributed by atoms with Crippen molar-refractivity contribution < 1.29 is 8.42 Å². The molecule has 2 heterocycles. The van der Waals surface area contributed by atoms with Gasteiger partial charge in [-0.2, -0.15) is 0 Å². The Kier molecular flexibility index (Phi) is 7.07. The fourth-order valence-corrected chi connectivity index (χ4v) is 4.14. The van der Waals surface area contributed by atoms with Crippen molar-refractivity contribution in [3.8, 4) is 0 Å². The minimum atomic E-state index is -3.67. The summed E-state index contributed by atoms with van der Waals surface area (Å²) in [5.74, 6) is 0. The van der Waals surface area contributed by atoms with Gasteiger partial charge in [-0.05, 0) is 30.3 Å². The lowest BCUT2D eigenvalue weighted by Crippen LogP contribution is -2.09. The highest BCUT2D eigenvalue weighted by molar-refractivity contribution is 7.91. The number of nitrogens with two attached hydrogens (primary N) is 1. The SMILES string of the molecule is Cl.Cl.NCCn1cc(S(=O)(=O)c2cccc(Cl)c2)c2cccnc21. The Morgan fingerprint density at radius 3 is 2.58 bits per heavy atom. The van der Waals surface area contributed by atoms with Crippen molar-refractivity contribution >= 4 is 57.3 Å². The van der Waals surface area contributed by atoms with Crippen LogP contribution in [0.2, 0.25) is 5.02 Å².